The Balaban J connectivity index is 1.27. The van der Waals surface area contributed by atoms with Crippen LogP contribution in [0.15, 0.2) is 41.8 Å². The van der Waals surface area contributed by atoms with Crippen LogP contribution in [0.2, 0.25) is 0 Å². The normalized spacial score (nSPS) is 22.9. The van der Waals surface area contributed by atoms with E-state index in [4.69, 9.17) is 0 Å². The van der Waals surface area contributed by atoms with Crippen molar-refractivity contribution in [3.63, 3.8) is 0 Å². The number of pyridine rings is 1. The van der Waals surface area contributed by atoms with Gasteiger partial charge >= 0.3 is 6.03 Å². The number of piperazine rings is 1. The Morgan fingerprint density at radius 2 is 1.70 bits per heavy atom. The molecule has 2 fully saturated rings. The fourth-order valence-corrected chi connectivity index (χ4v) is 4.51. The molecule has 11 nitrogen and oxygen atoms in total. The number of imide groups is 1. The van der Waals surface area contributed by atoms with Crippen LogP contribution in [0.3, 0.4) is 0 Å². The summed E-state index contributed by atoms with van der Waals surface area (Å²) >= 11 is 0. The smallest absolute Gasteiger partial charge is 0.328 e. The number of nitrogens with zero attached hydrogens (tertiary/aromatic N) is 8. The highest BCUT2D eigenvalue weighted by molar-refractivity contribution is 6.08. The fourth-order valence-electron chi connectivity index (χ4n) is 4.51. The van der Waals surface area contributed by atoms with E-state index in [1.165, 1.54) is 4.90 Å². The zero-order valence-corrected chi connectivity index (χ0v) is 18.8. The summed E-state index contributed by atoms with van der Waals surface area (Å²) in [5.41, 5.74) is 0.795. The molecule has 2 aromatic rings. The lowest BCUT2D eigenvalue weighted by atomic mass is 10.1. The predicted octanol–water partition coefficient (Wildman–Crippen LogP) is 0.547. The van der Waals surface area contributed by atoms with E-state index in [0.29, 0.717) is 18.9 Å². The minimum Gasteiger partial charge on any atom is -0.355 e. The molecule has 0 spiro atoms. The van der Waals surface area contributed by atoms with E-state index in [1.54, 1.807) is 30.4 Å². The molecule has 0 aromatic carbocycles. The lowest BCUT2D eigenvalue weighted by Crippen LogP contribution is -2.65. The first kappa shape index (κ1) is 21.1. The van der Waals surface area contributed by atoms with E-state index in [1.807, 2.05) is 25.1 Å². The number of aliphatic imine (C=N–C) groups is 1. The second-order valence-electron chi connectivity index (χ2n) is 8.09. The Morgan fingerprint density at radius 3 is 2.33 bits per heavy atom. The van der Waals surface area contributed by atoms with E-state index in [2.05, 4.69) is 35.1 Å². The van der Waals surface area contributed by atoms with Gasteiger partial charge in [-0.15, -0.1) is 0 Å². The van der Waals surface area contributed by atoms with Crippen molar-refractivity contribution in [1.82, 2.24) is 30.1 Å². The van der Waals surface area contributed by atoms with Crippen molar-refractivity contribution in [3.8, 4) is 0 Å². The summed E-state index contributed by atoms with van der Waals surface area (Å²) in [5, 5.41) is 3.22. The van der Waals surface area contributed by atoms with Gasteiger partial charge in [0.1, 0.15) is 17.7 Å². The highest BCUT2D eigenvalue weighted by Gasteiger charge is 2.48. The van der Waals surface area contributed by atoms with Gasteiger partial charge in [0, 0.05) is 63.4 Å². The molecule has 2 saturated heterocycles. The van der Waals surface area contributed by atoms with Crippen LogP contribution >= 0.6 is 0 Å². The molecule has 3 aliphatic heterocycles. The molecule has 11 heteroatoms. The first-order chi connectivity index (χ1) is 16.1. The Bertz CT molecular complexity index is 1050. The average molecular weight is 450 g/mol. The molecule has 33 heavy (non-hydrogen) atoms. The maximum absolute atomic E-state index is 12.8. The molecule has 0 radical (unpaired) electrons. The monoisotopic (exact) mass is 449 g/mol. The number of carbonyl (C=O) groups is 2. The van der Waals surface area contributed by atoms with E-state index in [0.717, 1.165) is 43.5 Å². The number of fused-ring (bicyclic) bond motifs is 1. The van der Waals surface area contributed by atoms with Gasteiger partial charge in [0.05, 0.1) is 0 Å². The average Bonchev–Trinajstić information content (AvgIpc) is 3.31. The summed E-state index contributed by atoms with van der Waals surface area (Å²) < 4.78 is 0. The molecule has 1 N–H and O–H groups in total. The molecular formula is C22H27N9O2. The van der Waals surface area contributed by atoms with Crippen LogP contribution in [-0.4, -0.2) is 94.0 Å². The highest BCUT2D eigenvalue weighted by atomic mass is 16.2. The number of hydrogen-bond donors (Lipinski definition) is 1. The number of hydrogen-bond acceptors (Lipinski definition) is 9. The van der Waals surface area contributed by atoms with Gasteiger partial charge in [-0.3, -0.25) is 14.6 Å². The summed E-state index contributed by atoms with van der Waals surface area (Å²) in [6, 6.07) is 4.89. The van der Waals surface area contributed by atoms with Gasteiger partial charge in [-0.25, -0.2) is 24.7 Å². The third-order valence-corrected chi connectivity index (χ3v) is 6.30. The largest absolute Gasteiger partial charge is 0.355 e. The number of amides is 3. The lowest BCUT2D eigenvalue weighted by molar-refractivity contribution is -0.134. The Hall–Kier alpha value is -3.76. The second kappa shape index (κ2) is 8.64. The van der Waals surface area contributed by atoms with Crippen LogP contribution in [0.1, 0.15) is 19.4 Å². The van der Waals surface area contributed by atoms with Crippen LogP contribution in [0.4, 0.5) is 16.6 Å². The third kappa shape index (κ3) is 3.73. The Kier molecular flexibility index (Phi) is 5.53. The maximum Gasteiger partial charge on any atom is 0.328 e. The number of urea groups is 1. The van der Waals surface area contributed by atoms with Crippen LogP contribution in [-0.2, 0) is 4.79 Å². The number of likely N-dealkylation sites (N-methyl/N-ethyl adjacent to an activating group) is 2. The van der Waals surface area contributed by atoms with Crippen molar-refractivity contribution in [3.05, 3.63) is 42.4 Å². The van der Waals surface area contributed by atoms with Gasteiger partial charge in [-0.2, -0.15) is 0 Å². The summed E-state index contributed by atoms with van der Waals surface area (Å²) in [4.78, 5) is 50.7. The van der Waals surface area contributed by atoms with Crippen LogP contribution in [0, 0.1) is 0 Å². The van der Waals surface area contributed by atoms with Crippen LogP contribution < -0.4 is 15.1 Å². The van der Waals surface area contributed by atoms with Gasteiger partial charge in [0.25, 0.3) is 5.91 Å². The summed E-state index contributed by atoms with van der Waals surface area (Å²) in [6.45, 7) is 7.81. The molecule has 5 rings (SSSR count). The van der Waals surface area contributed by atoms with E-state index in [9.17, 15) is 9.59 Å². The quantitative estimate of drug-likeness (QED) is 0.705. The van der Waals surface area contributed by atoms with Gasteiger partial charge in [0.2, 0.25) is 5.95 Å². The molecule has 3 amide bonds. The first-order valence-electron chi connectivity index (χ1n) is 11.3. The first-order valence-corrected chi connectivity index (χ1v) is 11.3. The summed E-state index contributed by atoms with van der Waals surface area (Å²) in [7, 11) is 0. The number of aromatic nitrogens is 3. The SMILES string of the molecule is CCN1C(=O)C2NC(c3ccc(N4CCN(c5ncccn5)CC4)nc3)=NC2N(CC)C1=O. The molecule has 2 unspecified atom stereocenters. The molecule has 0 aliphatic carbocycles. The van der Waals surface area contributed by atoms with E-state index < -0.39 is 12.2 Å². The van der Waals surface area contributed by atoms with Crippen LogP contribution in [0.25, 0.3) is 0 Å². The lowest BCUT2D eigenvalue weighted by Gasteiger charge is -2.39. The predicted molar refractivity (Wildman–Crippen MR) is 123 cm³/mol. The van der Waals surface area contributed by atoms with Crippen molar-refractivity contribution in [2.45, 2.75) is 26.1 Å². The number of amidine groups is 1. The fraction of sp³-hybridized carbons (Fsp3) is 0.455. The minimum atomic E-state index is -0.564. The van der Waals surface area contributed by atoms with Crippen molar-refractivity contribution in [2.24, 2.45) is 4.99 Å². The molecular weight excluding hydrogens is 422 g/mol. The Labute approximate surface area is 192 Å². The standard InChI is InChI=1S/C22H27N9O2/c1-3-30-19-17(20(32)31(4-2)22(30)33)26-18(27-19)15-6-7-16(25-14-15)28-10-12-29(13-11-28)21-23-8-5-9-24-21/h5-9,14,17,19H,3-4,10-13H2,1-2H3,(H,26,27). The summed E-state index contributed by atoms with van der Waals surface area (Å²) in [5.74, 6) is 2.00. The molecule has 5 heterocycles. The molecule has 0 bridgehead atoms. The van der Waals surface area contributed by atoms with E-state index >= 15 is 0 Å². The topological polar surface area (TPSA) is 110 Å². The van der Waals surface area contributed by atoms with Crippen molar-refractivity contribution < 1.29 is 9.59 Å². The second-order valence-corrected chi connectivity index (χ2v) is 8.09. The minimum absolute atomic E-state index is 0.235. The van der Waals surface area contributed by atoms with E-state index in [-0.39, 0.29) is 11.9 Å². The zero-order chi connectivity index (χ0) is 22.9. The van der Waals surface area contributed by atoms with Gasteiger partial charge < -0.3 is 15.1 Å². The number of nitrogens with one attached hydrogen (secondary N) is 1. The molecule has 2 atom stereocenters. The van der Waals surface area contributed by atoms with Crippen molar-refractivity contribution in [2.75, 3.05) is 49.1 Å². The summed E-state index contributed by atoms with van der Waals surface area (Å²) in [6.07, 6.45) is 4.76. The van der Waals surface area contributed by atoms with Gasteiger partial charge in [-0.05, 0) is 32.0 Å². The zero-order valence-electron chi connectivity index (χ0n) is 18.8. The molecule has 2 aromatic heterocycles. The maximum atomic E-state index is 12.8. The Morgan fingerprint density at radius 1 is 0.970 bits per heavy atom. The van der Waals surface area contributed by atoms with Gasteiger partial charge in [0.15, 0.2) is 6.17 Å². The van der Waals surface area contributed by atoms with Crippen molar-refractivity contribution in [1.29, 1.82) is 0 Å². The highest BCUT2D eigenvalue weighted by Crippen LogP contribution is 2.25. The van der Waals surface area contributed by atoms with Gasteiger partial charge in [-0.1, -0.05) is 0 Å². The van der Waals surface area contributed by atoms with Crippen molar-refractivity contribution >= 4 is 29.5 Å². The molecule has 0 saturated carbocycles. The number of rotatable bonds is 5. The third-order valence-electron chi connectivity index (χ3n) is 6.30. The number of carbonyl (C=O) groups excluding carboxylic acids is 2. The molecule has 3 aliphatic rings. The molecule has 172 valence electrons. The number of anilines is 2. The van der Waals surface area contributed by atoms with Crippen LogP contribution in [0.5, 0.6) is 0 Å².